The van der Waals surface area contributed by atoms with Crippen LogP contribution in [0.5, 0.6) is 0 Å². The lowest BCUT2D eigenvalue weighted by Gasteiger charge is -2.01. The fraction of sp³-hybridized carbons (Fsp3) is 0.545. The zero-order chi connectivity index (χ0) is 12.5. The molecule has 0 radical (unpaired) electrons. The van der Waals surface area contributed by atoms with Gasteiger partial charge in [-0.05, 0) is 18.8 Å². The van der Waals surface area contributed by atoms with Crippen molar-refractivity contribution in [1.29, 1.82) is 0 Å². The maximum absolute atomic E-state index is 6.00. The first-order valence-electron chi connectivity index (χ1n) is 5.82. The summed E-state index contributed by atoms with van der Waals surface area (Å²) in [6, 6.07) is 1.57. The molecule has 0 aliphatic heterocycles. The number of ether oxygens (including phenoxy) is 1. The van der Waals surface area contributed by atoms with Crippen LogP contribution < -0.4 is 5.73 Å². The summed E-state index contributed by atoms with van der Waals surface area (Å²) in [7, 11) is 1.58. The third-order valence-corrected chi connectivity index (χ3v) is 2.93. The van der Waals surface area contributed by atoms with E-state index in [2.05, 4.69) is 15.3 Å². The number of nitrogens with two attached hydrogens (primary N) is 1. The van der Waals surface area contributed by atoms with Crippen LogP contribution in [0, 0.1) is 5.92 Å². The van der Waals surface area contributed by atoms with E-state index in [9.17, 15) is 0 Å². The van der Waals surface area contributed by atoms with Gasteiger partial charge in [0, 0.05) is 13.2 Å². The van der Waals surface area contributed by atoms with E-state index in [-0.39, 0.29) is 6.04 Å². The maximum Gasteiger partial charge on any atom is 0.280 e. The highest BCUT2D eigenvalue weighted by Gasteiger charge is 2.32. The normalized spacial score (nSPS) is 17.0. The molecule has 2 N–H and O–H groups in total. The van der Waals surface area contributed by atoms with Crippen molar-refractivity contribution >= 4 is 0 Å². The molecule has 0 saturated heterocycles. The number of aromatic nitrogens is 3. The van der Waals surface area contributed by atoms with E-state index >= 15 is 0 Å². The van der Waals surface area contributed by atoms with Gasteiger partial charge in [-0.3, -0.25) is 0 Å². The van der Waals surface area contributed by atoms with E-state index in [1.165, 1.54) is 0 Å². The van der Waals surface area contributed by atoms with Gasteiger partial charge in [-0.25, -0.2) is 0 Å². The highest BCUT2D eigenvalue weighted by atomic mass is 16.5. The summed E-state index contributed by atoms with van der Waals surface area (Å²) >= 11 is 0. The highest BCUT2D eigenvalue weighted by molar-refractivity contribution is 5.45. The summed E-state index contributed by atoms with van der Waals surface area (Å²) in [5.41, 5.74) is 6.50. The average molecular weight is 250 g/mol. The van der Waals surface area contributed by atoms with Gasteiger partial charge < -0.3 is 19.5 Å². The molecule has 1 fully saturated rings. The summed E-state index contributed by atoms with van der Waals surface area (Å²) in [6.45, 7) is 0.357. The summed E-state index contributed by atoms with van der Waals surface area (Å²) in [4.78, 5) is 4.25. The molecule has 1 aliphatic carbocycles. The minimum Gasteiger partial charge on any atom is -0.377 e. The number of hydrogen-bond donors (Lipinski definition) is 1. The third kappa shape index (κ3) is 2.14. The number of rotatable bonds is 5. The largest absolute Gasteiger partial charge is 0.377 e. The Morgan fingerprint density at radius 1 is 1.44 bits per heavy atom. The summed E-state index contributed by atoms with van der Waals surface area (Å²) in [5, 5.41) is 7.73. The van der Waals surface area contributed by atoms with Crippen LogP contribution in [-0.4, -0.2) is 22.4 Å². The van der Waals surface area contributed by atoms with Crippen LogP contribution in [0.3, 0.4) is 0 Å². The molecule has 0 aromatic carbocycles. The number of hydrogen-bond acceptors (Lipinski definition) is 7. The quantitative estimate of drug-likeness (QED) is 0.852. The van der Waals surface area contributed by atoms with E-state index in [1.807, 2.05) is 0 Å². The van der Waals surface area contributed by atoms with Crippen LogP contribution in [0.2, 0.25) is 0 Å². The predicted molar refractivity (Wildman–Crippen MR) is 60.2 cm³/mol. The zero-order valence-corrected chi connectivity index (χ0v) is 10.00. The summed E-state index contributed by atoms with van der Waals surface area (Å²) in [5.74, 6) is 1.95. The van der Waals surface area contributed by atoms with Crippen molar-refractivity contribution in [3.63, 3.8) is 0 Å². The molecule has 1 saturated carbocycles. The fourth-order valence-electron chi connectivity index (χ4n) is 1.76. The second kappa shape index (κ2) is 4.51. The minimum atomic E-state index is -0.146. The van der Waals surface area contributed by atoms with Crippen LogP contribution in [0.4, 0.5) is 0 Å². The Labute approximate surface area is 103 Å². The van der Waals surface area contributed by atoms with E-state index in [0.717, 1.165) is 12.8 Å². The van der Waals surface area contributed by atoms with Gasteiger partial charge in [0.1, 0.15) is 6.61 Å². The van der Waals surface area contributed by atoms with E-state index < -0.39 is 0 Å². The van der Waals surface area contributed by atoms with E-state index in [1.54, 1.807) is 13.2 Å². The fourth-order valence-corrected chi connectivity index (χ4v) is 1.76. The van der Waals surface area contributed by atoms with Crippen molar-refractivity contribution in [3.05, 3.63) is 17.7 Å². The molecule has 0 amide bonds. The maximum atomic E-state index is 6.00. The smallest absolute Gasteiger partial charge is 0.280 e. The molecule has 2 aromatic rings. The van der Waals surface area contributed by atoms with Gasteiger partial charge in [0.05, 0.1) is 6.04 Å². The summed E-state index contributed by atoms with van der Waals surface area (Å²) < 4.78 is 15.1. The second-order valence-electron chi connectivity index (χ2n) is 4.43. The molecule has 7 nitrogen and oxygen atoms in total. The van der Waals surface area contributed by atoms with Crippen LogP contribution in [0.15, 0.2) is 15.1 Å². The second-order valence-corrected chi connectivity index (χ2v) is 4.43. The molecular formula is C11H14N4O3. The Hall–Kier alpha value is -1.73. The Balaban J connectivity index is 1.78. The standard InChI is InChI=1S/C11H14N4O3/c1-16-5-7-4-8(14-17-7)11-13-10(15-18-11)9(12)6-2-3-6/h4,6,9H,2-3,5,12H2,1H3. The first-order chi connectivity index (χ1) is 8.78. The van der Waals surface area contributed by atoms with Crippen LogP contribution in [0.1, 0.15) is 30.5 Å². The number of methoxy groups -OCH3 is 1. The molecule has 96 valence electrons. The molecule has 18 heavy (non-hydrogen) atoms. The lowest BCUT2D eigenvalue weighted by molar-refractivity contribution is 0.156. The van der Waals surface area contributed by atoms with Crippen LogP contribution in [0.25, 0.3) is 11.6 Å². The van der Waals surface area contributed by atoms with Crippen molar-refractivity contribution in [3.8, 4) is 11.6 Å². The van der Waals surface area contributed by atoms with Gasteiger partial charge in [-0.2, -0.15) is 4.98 Å². The first kappa shape index (κ1) is 11.4. The van der Waals surface area contributed by atoms with Gasteiger partial charge in [0.15, 0.2) is 17.3 Å². The molecule has 0 spiro atoms. The van der Waals surface area contributed by atoms with Crippen molar-refractivity contribution in [2.75, 3.05) is 7.11 Å². The zero-order valence-electron chi connectivity index (χ0n) is 10.00. The van der Waals surface area contributed by atoms with Gasteiger partial charge in [0.2, 0.25) is 0 Å². The Morgan fingerprint density at radius 3 is 3.00 bits per heavy atom. The lowest BCUT2D eigenvalue weighted by atomic mass is 10.2. The Morgan fingerprint density at radius 2 is 2.28 bits per heavy atom. The van der Waals surface area contributed by atoms with Crippen molar-refractivity contribution in [2.45, 2.75) is 25.5 Å². The molecule has 2 heterocycles. The molecule has 7 heteroatoms. The van der Waals surface area contributed by atoms with Crippen molar-refractivity contribution < 1.29 is 13.8 Å². The Bertz CT molecular complexity index is 532. The van der Waals surface area contributed by atoms with Crippen LogP contribution in [-0.2, 0) is 11.3 Å². The molecule has 1 unspecified atom stereocenters. The molecule has 0 bridgehead atoms. The van der Waals surface area contributed by atoms with Gasteiger partial charge in [0.25, 0.3) is 5.89 Å². The molecule has 1 atom stereocenters. The molecule has 2 aromatic heterocycles. The van der Waals surface area contributed by atoms with Crippen molar-refractivity contribution in [2.24, 2.45) is 11.7 Å². The minimum absolute atomic E-state index is 0.146. The molecular weight excluding hydrogens is 236 g/mol. The predicted octanol–water partition coefficient (Wildman–Crippen LogP) is 1.28. The third-order valence-electron chi connectivity index (χ3n) is 2.93. The van der Waals surface area contributed by atoms with Crippen molar-refractivity contribution in [1.82, 2.24) is 15.3 Å². The number of nitrogens with zero attached hydrogens (tertiary/aromatic N) is 3. The van der Waals surface area contributed by atoms with Crippen LogP contribution >= 0.6 is 0 Å². The summed E-state index contributed by atoms with van der Waals surface area (Å²) in [6.07, 6.45) is 2.26. The lowest BCUT2D eigenvalue weighted by Crippen LogP contribution is -2.13. The highest BCUT2D eigenvalue weighted by Crippen LogP contribution is 2.38. The van der Waals surface area contributed by atoms with Gasteiger partial charge >= 0.3 is 0 Å². The Kier molecular flexibility index (Phi) is 2.85. The molecule has 3 rings (SSSR count). The topological polar surface area (TPSA) is 100 Å². The van der Waals surface area contributed by atoms with Gasteiger partial charge in [-0.1, -0.05) is 10.3 Å². The van der Waals surface area contributed by atoms with E-state index in [4.69, 9.17) is 19.5 Å². The monoisotopic (exact) mass is 250 g/mol. The SMILES string of the molecule is COCc1cc(-c2nc(C(N)C3CC3)no2)no1. The van der Waals surface area contributed by atoms with E-state index in [0.29, 0.717) is 35.7 Å². The molecule has 1 aliphatic rings. The van der Waals surface area contributed by atoms with Gasteiger partial charge in [-0.15, -0.1) is 0 Å². The first-order valence-corrected chi connectivity index (χ1v) is 5.82. The average Bonchev–Trinajstić information content (AvgIpc) is 2.91.